The van der Waals surface area contributed by atoms with Gasteiger partial charge in [0.2, 0.25) is 5.91 Å². The molecule has 0 spiro atoms. The molecule has 1 aliphatic rings. The molecule has 7 nitrogen and oxygen atoms in total. The topological polar surface area (TPSA) is 102 Å². The van der Waals surface area contributed by atoms with Crippen molar-refractivity contribution < 1.29 is 29.2 Å². The number of hydrogen-bond donors (Lipinski definition) is 4. The lowest BCUT2D eigenvalue weighted by Gasteiger charge is -2.28. The van der Waals surface area contributed by atoms with Crippen LogP contribution in [0.5, 0.6) is 5.75 Å². The van der Waals surface area contributed by atoms with Crippen molar-refractivity contribution in [1.29, 1.82) is 0 Å². The first kappa shape index (κ1) is 22.5. The molecule has 1 amide bonds. The third-order valence-electron chi connectivity index (χ3n) is 5.26. The number of rotatable bonds is 11. The summed E-state index contributed by atoms with van der Waals surface area (Å²) in [7, 11) is 0. The maximum atomic E-state index is 14.2. The molecule has 1 saturated heterocycles. The summed E-state index contributed by atoms with van der Waals surface area (Å²) in [5, 5.41) is 31.2. The fourth-order valence-electron chi connectivity index (χ4n) is 3.29. The fourth-order valence-corrected chi connectivity index (χ4v) is 3.29. The Morgan fingerprint density at radius 2 is 2.04 bits per heavy atom. The Labute approximate surface area is 165 Å². The Kier molecular flexibility index (Phi) is 8.62. The number of ether oxygens (including phenoxy) is 1. The molecule has 1 atom stereocenters. The van der Waals surface area contributed by atoms with Crippen molar-refractivity contribution in [3.63, 3.8) is 0 Å². The summed E-state index contributed by atoms with van der Waals surface area (Å²) in [5.74, 6) is 0.141. The highest BCUT2D eigenvalue weighted by Crippen LogP contribution is 2.21. The Morgan fingerprint density at radius 3 is 2.64 bits per heavy atom. The highest BCUT2D eigenvalue weighted by molar-refractivity contribution is 5.79. The lowest BCUT2D eigenvalue weighted by Crippen LogP contribution is -2.44. The third-order valence-corrected chi connectivity index (χ3v) is 5.26. The van der Waals surface area contributed by atoms with Crippen LogP contribution in [0.1, 0.15) is 18.9 Å². The van der Waals surface area contributed by atoms with Gasteiger partial charge in [0.05, 0.1) is 38.3 Å². The molecule has 28 heavy (non-hydrogen) atoms. The molecule has 1 fully saturated rings. The molecular formula is C20H31FN2O5. The van der Waals surface area contributed by atoms with E-state index >= 15 is 0 Å². The van der Waals surface area contributed by atoms with Crippen molar-refractivity contribution in [3.8, 4) is 5.75 Å². The van der Waals surface area contributed by atoms with Crippen molar-refractivity contribution in [2.24, 2.45) is 11.3 Å². The molecule has 1 aliphatic heterocycles. The minimum absolute atomic E-state index is 0.0149. The molecule has 0 radical (unpaired) electrons. The average Bonchev–Trinajstić information content (AvgIpc) is 3.17. The van der Waals surface area contributed by atoms with E-state index in [1.165, 1.54) is 6.07 Å². The first-order valence-corrected chi connectivity index (χ1v) is 9.69. The SMILES string of the molecule is CCOc1ccc(CC(=O)N2CC[C@@H](CNCC(CO)(CO)CO)C2)c(F)c1. The maximum absolute atomic E-state index is 14.2. The third kappa shape index (κ3) is 5.88. The summed E-state index contributed by atoms with van der Waals surface area (Å²) >= 11 is 0. The molecule has 1 aromatic carbocycles. The molecule has 2 rings (SSSR count). The average molecular weight is 398 g/mol. The quantitative estimate of drug-likeness (QED) is 0.424. The number of carbonyl (C=O) groups is 1. The van der Waals surface area contributed by atoms with Crippen molar-refractivity contribution in [2.45, 2.75) is 19.8 Å². The number of nitrogens with zero attached hydrogens (tertiary/aromatic N) is 1. The van der Waals surface area contributed by atoms with Crippen LogP contribution in [-0.4, -0.2) is 78.7 Å². The van der Waals surface area contributed by atoms with Gasteiger partial charge in [0.25, 0.3) is 0 Å². The Hall–Kier alpha value is -1.74. The van der Waals surface area contributed by atoms with E-state index in [-0.39, 0.29) is 38.1 Å². The first-order chi connectivity index (χ1) is 13.5. The van der Waals surface area contributed by atoms with Crippen molar-refractivity contribution in [3.05, 3.63) is 29.6 Å². The van der Waals surface area contributed by atoms with Crippen molar-refractivity contribution >= 4 is 5.91 Å². The van der Waals surface area contributed by atoms with E-state index < -0.39 is 11.2 Å². The van der Waals surface area contributed by atoms with E-state index in [1.807, 2.05) is 6.92 Å². The Morgan fingerprint density at radius 1 is 1.32 bits per heavy atom. The van der Waals surface area contributed by atoms with Crippen LogP contribution >= 0.6 is 0 Å². The zero-order valence-corrected chi connectivity index (χ0v) is 16.4. The van der Waals surface area contributed by atoms with Gasteiger partial charge in [0.15, 0.2) is 0 Å². The number of nitrogens with one attached hydrogen (secondary N) is 1. The Bertz CT molecular complexity index is 631. The normalized spacial score (nSPS) is 17.2. The van der Waals surface area contributed by atoms with Crippen LogP contribution < -0.4 is 10.1 Å². The minimum Gasteiger partial charge on any atom is -0.494 e. The lowest BCUT2D eigenvalue weighted by atomic mass is 9.91. The number of hydrogen-bond acceptors (Lipinski definition) is 6. The van der Waals surface area contributed by atoms with Crippen LogP contribution in [0.25, 0.3) is 0 Å². The molecule has 0 bridgehead atoms. The van der Waals surface area contributed by atoms with E-state index in [0.717, 1.165) is 6.42 Å². The predicted octanol–water partition coefficient (Wildman–Crippen LogP) is 0.168. The lowest BCUT2D eigenvalue weighted by molar-refractivity contribution is -0.129. The van der Waals surface area contributed by atoms with Gasteiger partial charge in [-0.15, -0.1) is 0 Å². The highest BCUT2D eigenvalue weighted by Gasteiger charge is 2.30. The molecule has 8 heteroatoms. The molecular weight excluding hydrogens is 367 g/mol. The second-order valence-electron chi connectivity index (χ2n) is 7.46. The molecule has 1 heterocycles. The van der Waals surface area contributed by atoms with Gasteiger partial charge in [-0.1, -0.05) is 6.07 Å². The second kappa shape index (κ2) is 10.7. The summed E-state index contributed by atoms with van der Waals surface area (Å²) in [6.45, 7) is 3.45. The molecule has 4 N–H and O–H groups in total. The molecule has 0 aromatic heterocycles. The number of aliphatic hydroxyl groups is 3. The van der Waals surface area contributed by atoms with E-state index in [1.54, 1.807) is 17.0 Å². The van der Waals surface area contributed by atoms with Crippen LogP contribution in [0, 0.1) is 17.2 Å². The van der Waals surface area contributed by atoms with Crippen LogP contribution in [0.3, 0.4) is 0 Å². The van der Waals surface area contributed by atoms with Crippen LogP contribution in [0.15, 0.2) is 18.2 Å². The fraction of sp³-hybridized carbons (Fsp3) is 0.650. The van der Waals surface area contributed by atoms with Crippen molar-refractivity contribution in [2.75, 3.05) is 52.6 Å². The number of halogens is 1. The van der Waals surface area contributed by atoms with Gasteiger partial charge in [0, 0.05) is 25.7 Å². The van der Waals surface area contributed by atoms with Gasteiger partial charge in [-0.25, -0.2) is 4.39 Å². The molecule has 0 unspecified atom stereocenters. The maximum Gasteiger partial charge on any atom is 0.227 e. The van der Waals surface area contributed by atoms with Crippen LogP contribution in [0.2, 0.25) is 0 Å². The molecule has 0 aliphatic carbocycles. The summed E-state index contributed by atoms with van der Waals surface area (Å²) in [6, 6.07) is 4.56. The van der Waals surface area contributed by atoms with Gasteiger partial charge in [-0.3, -0.25) is 4.79 Å². The van der Waals surface area contributed by atoms with Gasteiger partial charge in [-0.05, 0) is 37.4 Å². The minimum atomic E-state index is -0.945. The number of benzene rings is 1. The highest BCUT2D eigenvalue weighted by atomic mass is 19.1. The largest absolute Gasteiger partial charge is 0.494 e. The predicted molar refractivity (Wildman–Crippen MR) is 103 cm³/mol. The zero-order chi connectivity index (χ0) is 20.6. The number of amides is 1. The molecule has 158 valence electrons. The van der Waals surface area contributed by atoms with E-state index in [0.29, 0.717) is 44.1 Å². The van der Waals surface area contributed by atoms with Crippen molar-refractivity contribution in [1.82, 2.24) is 10.2 Å². The zero-order valence-electron chi connectivity index (χ0n) is 16.4. The van der Waals surface area contributed by atoms with E-state index in [9.17, 15) is 24.5 Å². The number of carbonyl (C=O) groups excluding carboxylic acids is 1. The van der Waals surface area contributed by atoms with Gasteiger partial charge < -0.3 is 30.3 Å². The summed E-state index contributed by atoms with van der Waals surface area (Å²) in [4.78, 5) is 14.2. The summed E-state index contributed by atoms with van der Waals surface area (Å²) in [5.41, 5.74) is -0.590. The van der Waals surface area contributed by atoms with Crippen LogP contribution in [-0.2, 0) is 11.2 Å². The number of likely N-dealkylation sites (tertiary alicyclic amines) is 1. The smallest absolute Gasteiger partial charge is 0.227 e. The van der Waals surface area contributed by atoms with E-state index in [4.69, 9.17) is 4.74 Å². The molecule has 0 saturated carbocycles. The van der Waals surface area contributed by atoms with Gasteiger partial charge >= 0.3 is 0 Å². The summed E-state index contributed by atoms with van der Waals surface area (Å²) < 4.78 is 19.4. The standard InChI is InChI=1S/C20H31FN2O5/c1-2-28-17-4-3-16(18(21)8-17)7-19(27)23-6-5-15(10-23)9-22-11-20(12-24,13-25)14-26/h3-4,8,15,22,24-26H,2,5-7,9-14H2,1H3/t15-/m0/s1. The Balaban J connectivity index is 1.81. The molecule has 1 aromatic rings. The monoisotopic (exact) mass is 398 g/mol. The van der Waals surface area contributed by atoms with Crippen LogP contribution in [0.4, 0.5) is 4.39 Å². The second-order valence-corrected chi connectivity index (χ2v) is 7.46. The first-order valence-electron chi connectivity index (χ1n) is 9.69. The van der Waals surface area contributed by atoms with E-state index in [2.05, 4.69) is 5.32 Å². The van der Waals surface area contributed by atoms with Gasteiger partial charge in [-0.2, -0.15) is 0 Å². The summed E-state index contributed by atoms with van der Waals surface area (Å²) in [6.07, 6.45) is 0.843. The number of aliphatic hydroxyl groups excluding tert-OH is 3. The van der Waals surface area contributed by atoms with Gasteiger partial charge in [0.1, 0.15) is 11.6 Å².